The normalized spacial score (nSPS) is 10.8. The first-order valence-electron chi connectivity index (χ1n) is 6.21. The smallest absolute Gasteiger partial charge is 0.252 e. The third-order valence-corrected chi connectivity index (χ3v) is 4.84. The van der Waals surface area contributed by atoms with Gasteiger partial charge in [0.05, 0.1) is 22.3 Å². The van der Waals surface area contributed by atoms with Crippen LogP contribution in [0.2, 0.25) is 5.02 Å². The Balaban J connectivity index is 1.73. The highest BCUT2D eigenvalue weighted by Crippen LogP contribution is 2.23. The van der Waals surface area contributed by atoms with Gasteiger partial charge in [0, 0.05) is 9.50 Å². The van der Waals surface area contributed by atoms with E-state index in [1.54, 1.807) is 29.5 Å². The lowest BCUT2D eigenvalue weighted by Gasteiger charge is -2.05. The van der Waals surface area contributed by atoms with Gasteiger partial charge in [-0.25, -0.2) is 4.98 Å². The summed E-state index contributed by atoms with van der Waals surface area (Å²) >= 11 is 10.8. The summed E-state index contributed by atoms with van der Waals surface area (Å²) < 4.78 is 1.80. The molecule has 21 heavy (non-hydrogen) atoms. The summed E-state index contributed by atoms with van der Waals surface area (Å²) in [5, 5.41) is 4.34. The first-order chi connectivity index (χ1) is 10.1. The molecule has 1 amide bonds. The van der Waals surface area contributed by atoms with Crippen molar-refractivity contribution >= 4 is 55.0 Å². The number of nitrogens with one attached hydrogen (secondary N) is 1. The summed E-state index contributed by atoms with van der Waals surface area (Å²) in [6.45, 7) is 0.410. The third kappa shape index (κ3) is 3.26. The highest BCUT2D eigenvalue weighted by Gasteiger charge is 2.11. The minimum atomic E-state index is -0.155. The fourth-order valence-electron chi connectivity index (χ4n) is 1.92. The van der Waals surface area contributed by atoms with Crippen LogP contribution in [0.25, 0.3) is 10.2 Å². The number of amides is 1. The number of halogens is 2. The topological polar surface area (TPSA) is 42.0 Å². The number of benzene rings is 2. The summed E-state index contributed by atoms with van der Waals surface area (Å²) in [6.07, 6.45) is 0. The first-order valence-corrected chi connectivity index (χ1v) is 8.20. The SMILES string of the molecule is O=C(NCc1nc2ccccc2s1)c1ccc(Cl)cc1Br. The number of para-hydroxylation sites is 1. The van der Waals surface area contributed by atoms with Crippen molar-refractivity contribution in [2.45, 2.75) is 6.54 Å². The van der Waals surface area contributed by atoms with Crippen LogP contribution in [0.3, 0.4) is 0 Å². The molecule has 1 N–H and O–H groups in total. The molecule has 2 aromatic carbocycles. The van der Waals surface area contributed by atoms with Crippen LogP contribution < -0.4 is 5.32 Å². The monoisotopic (exact) mass is 380 g/mol. The van der Waals surface area contributed by atoms with Crippen molar-refractivity contribution in [2.75, 3.05) is 0 Å². The van der Waals surface area contributed by atoms with Gasteiger partial charge in [0.2, 0.25) is 0 Å². The zero-order chi connectivity index (χ0) is 14.8. The molecule has 0 aliphatic heterocycles. The van der Waals surface area contributed by atoms with Crippen molar-refractivity contribution in [1.29, 1.82) is 0 Å². The van der Waals surface area contributed by atoms with E-state index >= 15 is 0 Å². The Labute approximate surface area is 139 Å². The molecule has 3 rings (SSSR count). The quantitative estimate of drug-likeness (QED) is 0.718. The van der Waals surface area contributed by atoms with Gasteiger partial charge < -0.3 is 5.32 Å². The third-order valence-electron chi connectivity index (χ3n) is 2.91. The summed E-state index contributed by atoms with van der Waals surface area (Å²) in [6, 6.07) is 13.0. The van der Waals surface area contributed by atoms with Crippen molar-refractivity contribution in [1.82, 2.24) is 10.3 Å². The van der Waals surface area contributed by atoms with Crippen LogP contribution in [-0.4, -0.2) is 10.9 Å². The summed E-state index contributed by atoms with van der Waals surface area (Å²) in [5.74, 6) is -0.155. The number of carbonyl (C=O) groups is 1. The highest BCUT2D eigenvalue weighted by molar-refractivity contribution is 9.10. The maximum Gasteiger partial charge on any atom is 0.252 e. The minimum Gasteiger partial charge on any atom is -0.345 e. The van der Waals surface area contributed by atoms with Gasteiger partial charge in [-0.05, 0) is 46.3 Å². The van der Waals surface area contributed by atoms with Gasteiger partial charge in [-0.1, -0.05) is 23.7 Å². The molecule has 0 spiro atoms. The maximum absolute atomic E-state index is 12.2. The molecule has 3 nitrogen and oxygen atoms in total. The Morgan fingerprint density at radius 1 is 1.29 bits per heavy atom. The largest absolute Gasteiger partial charge is 0.345 e. The van der Waals surface area contributed by atoms with Gasteiger partial charge in [-0.15, -0.1) is 11.3 Å². The Bertz CT molecular complexity index is 785. The summed E-state index contributed by atoms with van der Waals surface area (Å²) in [5.41, 5.74) is 1.51. The van der Waals surface area contributed by atoms with E-state index in [1.165, 1.54) is 0 Å². The van der Waals surface area contributed by atoms with Crippen molar-refractivity contribution in [3.8, 4) is 0 Å². The molecular formula is C15H10BrClN2OS. The number of hydrogen-bond donors (Lipinski definition) is 1. The first kappa shape index (κ1) is 14.5. The lowest BCUT2D eigenvalue weighted by molar-refractivity contribution is 0.0950. The van der Waals surface area contributed by atoms with E-state index in [0.717, 1.165) is 15.2 Å². The Hall–Kier alpha value is -1.43. The Kier molecular flexibility index (Phi) is 4.24. The number of fused-ring (bicyclic) bond motifs is 1. The molecule has 0 unspecified atom stereocenters. The number of aromatic nitrogens is 1. The van der Waals surface area contributed by atoms with E-state index in [0.29, 0.717) is 21.6 Å². The van der Waals surface area contributed by atoms with Crippen LogP contribution in [0.5, 0.6) is 0 Å². The summed E-state index contributed by atoms with van der Waals surface area (Å²) in [4.78, 5) is 16.6. The molecule has 1 aromatic heterocycles. The van der Waals surface area contributed by atoms with Gasteiger partial charge in [-0.2, -0.15) is 0 Å². The lowest BCUT2D eigenvalue weighted by atomic mass is 10.2. The zero-order valence-corrected chi connectivity index (χ0v) is 13.9. The lowest BCUT2D eigenvalue weighted by Crippen LogP contribution is -2.23. The molecule has 0 aliphatic rings. The second-order valence-corrected chi connectivity index (χ2v) is 6.79. The molecule has 0 saturated heterocycles. The molecule has 0 atom stereocenters. The van der Waals surface area contributed by atoms with E-state index in [1.807, 2.05) is 24.3 Å². The van der Waals surface area contributed by atoms with Gasteiger partial charge in [-0.3, -0.25) is 4.79 Å². The minimum absolute atomic E-state index is 0.155. The fourth-order valence-corrected chi connectivity index (χ4v) is 3.69. The second-order valence-electron chi connectivity index (χ2n) is 4.38. The molecular weight excluding hydrogens is 372 g/mol. The molecule has 0 bridgehead atoms. The van der Waals surface area contributed by atoms with E-state index in [9.17, 15) is 4.79 Å². The number of nitrogens with zero attached hydrogens (tertiary/aromatic N) is 1. The fraction of sp³-hybridized carbons (Fsp3) is 0.0667. The number of hydrogen-bond acceptors (Lipinski definition) is 3. The average molecular weight is 382 g/mol. The van der Waals surface area contributed by atoms with E-state index < -0.39 is 0 Å². The Morgan fingerprint density at radius 2 is 2.10 bits per heavy atom. The molecule has 0 aliphatic carbocycles. The van der Waals surface area contributed by atoms with Crippen molar-refractivity contribution < 1.29 is 4.79 Å². The van der Waals surface area contributed by atoms with Crippen LogP contribution in [0.1, 0.15) is 15.4 Å². The maximum atomic E-state index is 12.2. The van der Waals surface area contributed by atoms with E-state index in [4.69, 9.17) is 11.6 Å². The summed E-state index contributed by atoms with van der Waals surface area (Å²) in [7, 11) is 0. The van der Waals surface area contributed by atoms with E-state index in [-0.39, 0.29) is 5.91 Å². The van der Waals surface area contributed by atoms with Crippen LogP contribution in [-0.2, 0) is 6.54 Å². The van der Waals surface area contributed by atoms with Crippen molar-refractivity contribution in [2.24, 2.45) is 0 Å². The predicted molar refractivity (Wildman–Crippen MR) is 89.9 cm³/mol. The predicted octanol–water partition coefficient (Wildman–Crippen LogP) is 4.64. The van der Waals surface area contributed by atoms with Crippen LogP contribution in [0, 0.1) is 0 Å². The molecule has 106 valence electrons. The molecule has 0 radical (unpaired) electrons. The molecule has 1 heterocycles. The molecule has 3 aromatic rings. The molecule has 0 fully saturated rings. The van der Waals surface area contributed by atoms with Crippen LogP contribution >= 0.6 is 38.9 Å². The Morgan fingerprint density at radius 3 is 2.86 bits per heavy atom. The number of carbonyl (C=O) groups excluding carboxylic acids is 1. The standard InChI is InChI=1S/C15H10BrClN2OS/c16-11-7-9(17)5-6-10(11)15(20)18-8-14-19-12-3-1-2-4-13(12)21-14/h1-7H,8H2,(H,18,20). The van der Waals surface area contributed by atoms with Gasteiger partial charge >= 0.3 is 0 Å². The van der Waals surface area contributed by atoms with Gasteiger partial charge in [0.15, 0.2) is 0 Å². The molecule has 0 saturated carbocycles. The second kappa shape index (κ2) is 6.13. The van der Waals surface area contributed by atoms with Crippen LogP contribution in [0.15, 0.2) is 46.9 Å². The van der Waals surface area contributed by atoms with Crippen LogP contribution in [0.4, 0.5) is 0 Å². The van der Waals surface area contributed by atoms with Gasteiger partial charge in [0.1, 0.15) is 5.01 Å². The average Bonchev–Trinajstić information content (AvgIpc) is 2.87. The number of rotatable bonds is 3. The van der Waals surface area contributed by atoms with Crippen molar-refractivity contribution in [3.63, 3.8) is 0 Å². The van der Waals surface area contributed by atoms with Gasteiger partial charge in [0.25, 0.3) is 5.91 Å². The number of thiazole rings is 1. The highest BCUT2D eigenvalue weighted by atomic mass is 79.9. The molecule has 6 heteroatoms. The van der Waals surface area contributed by atoms with E-state index in [2.05, 4.69) is 26.2 Å². The zero-order valence-electron chi connectivity index (χ0n) is 10.8. The van der Waals surface area contributed by atoms with Crippen molar-refractivity contribution in [3.05, 3.63) is 62.5 Å².